The number of anilines is 1. The van der Waals surface area contributed by atoms with E-state index in [9.17, 15) is 9.59 Å². The van der Waals surface area contributed by atoms with Crippen molar-refractivity contribution in [2.75, 3.05) is 11.9 Å². The number of benzene rings is 1. The maximum absolute atomic E-state index is 12.6. The molecule has 1 N–H and O–H groups in total. The zero-order valence-electron chi connectivity index (χ0n) is 14.3. The molecule has 1 fully saturated rings. The number of carbonyl (C=O) groups is 2. The first-order valence-corrected chi connectivity index (χ1v) is 10.5. The van der Waals surface area contributed by atoms with Gasteiger partial charge in [0, 0.05) is 18.0 Å². The van der Waals surface area contributed by atoms with Crippen LogP contribution in [0.15, 0.2) is 29.2 Å². The van der Waals surface area contributed by atoms with Crippen molar-refractivity contribution in [1.82, 2.24) is 15.1 Å². The second-order valence-electron chi connectivity index (χ2n) is 5.63. The Balaban J connectivity index is 1.55. The lowest BCUT2D eigenvalue weighted by atomic mass is 10.2. The summed E-state index contributed by atoms with van der Waals surface area (Å²) in [5.41, 5.74) is 0.770. The molecule has 2 heterocycles. The molecule has 1 saturated heterocycles. The molecule has 0 saturated carbocycles. The molecule has 0 unspecified atom stereocenters. The van der Waals surface area contributed by atoms with E-state index >= 15 is 0 Å². The number of carbonyl (C=O) groups excluding carboxylic acids is 2. The number of nitrogens with one attached hydrogen (secondary N) is 1. The normalized spacial score (nSPS) is 15.6. The van der Waals surface area contributed by atoms with E-state index in [0.29, 0.717) is 32.3 Å². The Labute approximate surface area is 175 Å². The van der Waals surface area contributed by atoms with Gasteiger partial charge in [-0.1, -0.05) is 65.1 Å². The highest BCUT2D eigenvalue weighted by Gasteiger charge is 2.31. The van der Waals surface area contributed by atoms with Crippen molar-refractivity contribution in [3.8, 4) is 0 Å². The average molecular weight is 439 g/mol. The van der Waals surface area contributed by atoms with Gasteiger partial charge in [0.2, 0.25) is 11.0 Å². The molecule has 140 valence electrons. The molecule has 0 bridgehead atoms. The van der Waals surface area contributed by atoms with Crippen LogP contribution in [-0.2, 0) is 9.59 Å². The van der Waals surface area contributed by atoms with Gasteiger partial charge in [-0.2, -0.15) is 0 Å². The molecule has 6 nitrogen and oxygen atoms in total. The first-order valence-electron chi connectivity index (χ1n) is 8.04. The summed E-state index contributed by atoms with van der Waals surface area (Å²) in [5.74, 6) is -0.326. The summed E-state index contributed by atoms with van der Waals surface area (Å²) in [6, 6.07) is 7.30. The van der Waals surface area contributed by atoms with Crippen LogP contribution in [0, 0.1) is 6.92 Å². The lowest BCUT2D eigenvalue weighted by molar-refractivity contribution is -0.122. The monoisotopic (exact) mass is 438 g/mol. The molecule has 2 aromatic rings. The van der Waals surface area contributed by atoms with Crippen molar-refractivity contribution < 1.29 is 9.59 Å². The van der Waals surface area contributed by atoms with Crippen LogP contribution in [-0.4, -0.2) is 37.8 Å². The Morgan fingerprint density at radius 2 is 2.15 bits per heavy atom. The lowest BCUT2D eigenvalue weighted by Gasteiger charge is -2.13. The predicted octanol–water partition coefficient (Wildman–Crippen LogP) is 4.12. The summed E-state index contributed by atoms with van der Waals surface area (Å²) >= 11 is 14.0. The zero-order chi connectivity index (χ0) is 19.4. The quantitative estimate of drug-likeness (QED) is 0.540. The second kappa shape index (κ2) is 8.92. The van der Waals surface area contributed by atoms with E-state index in [4.69, 9.17) is 23.8 Å². The number of amides is 2. The third-order valence-electron chi connectivity index (χ3n) is 3.62. The molecule has 0 atom stereocenters. The number of hydrogen-bond donors (Lipinski definition) is 1. The Kier molecular flexibility index (Phi) is 6.59. The number of nitrogens with zero attached hydrogens (tertiary/aromatic N) is 3. The van der Waals surface area contributed by atoms with Gasteiger partial charge in [0.25, 0.3) is 5.91 Å². The molecule has 10 heteroatoms. The van der Waals surface area contributed by atoms with Crippen LogP contribution < -0.4 is 5.32 Å². The first kappa shape index (κ1) is 19.9. The van der Waals surface area contributed by atoms with Crippen LogP contribution in [0.3, 0.4) is 0 Å². The van der Waals surface area contributed by atoms with Crippen molar-refractivity contribution in [2.24, 2.45) is 0 Å². The summed E-state index contributed by atoms with van der Waals surface area (Å²) in [4.78, 5) is 26.6. The topological polar surface area (TPSA) is 75.2 Å². The first-order chi connectivity index (χ1) is 12.9. The molecule has 27 heavy (non-hydrogen) atoms. The Morgan fingerprint density at radius 1 is 1.37 bits per heavy atom. The highest BCUT2D eigenvalue weighted by atomic mass is 35.5. The van der Waals surface area contributed by atoms with E-state index in [1.54, 1.807) is 12.1 Å². The van der Waals surface area contributed by atoms with Gasteiger partial charge in [-0.15, -0.1) is 10.2 Å². The molecule has 0 radical (unpaired) electrons. The molecule has 1 aliphatic rings. The highest BCUT2D eigenvalue weighted by molar-refractivity contribution is 8.26. The van der Waals surface area contributed by atoms with Crippen LogP contribution in [0.4, 0.5) is 5.13 Å². The fourth-order valence-electron chi connectivity index (χ4n) is 2.35. The van der Waals surface area contributed by atoms with Crippen LogP contribution in [0.5, 0.6) is 0 Å². The summed E-state index contributed by atoms with van der Waals surface area (Å²) in [5, 5.41) is 12.2. The van der Waals surface area contributed by atoms with E-state index in [-0.39, 0.29) is 18.2 Å². The number of aryl methyl sites for hydroxylation is 1. The lowest BCUT2D eigenvalue weighted by Crippen LogP contribution is -2.29. The molecular weight excluding hydrogens is 424 g/mol. The molecule has 0 spiro atoms. The largest absolute Gasteiger partial charge is 0.301 e. The fraction of sp³-hybridized carbons (Fsp3) is 0.235. The van der Waals surface area contributed by atoms with Crippen molar-refractivity contribution in [3.63, 3.8) is 0 Å². The molecular formula is C17H15ClN4O2S3. The Bertz CT molecular complexity index is 928. The number of aromatic nitrogens is 2. The van der Waals surface area contributed by atoms with Gasteiger partial charge < -0.3 is 5.32 Å². The third kappa shape index (κ3) is 5.13. The molecule has 1 aromatic carbocycles. The fourth-order valence-corrected chi connectivity index (χ4v) is 4.45. The molecule has 3 rings (SSSR count). The summed E-state index contributed by atoms with van der Waals surface area (Å²) in [6.07, 6.45) is 2.50. The molecule has 0 aliphatic carbocycles. The van der Waals surface area contributed by atoms with Crippen LogP contribution >= 0.6 is 46.9 Å². The van der Waals surface area contributed by atoms with E-state index in [0.717, 1.165) is 10.6 Å². The van der Waals surface area contributed by atoms with E-state index in [1.165, 1.54) is 28.0 Å². The summed E-state index contributed by atoms with van der Waals surface area (Å²) < 4.78 is 0.485. The van der Waals surface area contributed by atoms with Crippen molar-refractivity contribution in [1.29, 1.82) is 0 Å². The van der Waals surface area contributed by atoms with E-state index in [1.807, 2.05) is 25.1 Å². The number of halogens is 1. The number of rotatable bonds is 6. The van der Waals surface area contributed by atoms with E-state index < -0.39 is 0 Å². The maximum atomic E-state index is 12.6. The zero-order valence-corrected chi connectivity index (χ0v) is 17.5. The Morgan fingerprint density at radius 3 is 2.85 bits per heavy atom. The van der Waals surface area contributed by atoms with Gasteiger partial charge >= 0.3 is 0 Å². The SMILES string of the molecule is Cc1nnc(NC(=O)CCCN2C(=O)/C(=C\c3ccccc3Cl)SC2=S)s1. The van der Waals surface area contributed by atoms with Crippen molar-refractivity contribution >= 4 is 74.3 Å². The van der Waals surface area contributed by atoms with Gasteiger partial charge in [0.05, 0.1) is 4.91 Å². The van der Waals surface area contributed by atoms with E-state index in [2.05, 4.69) is 15.5 Å². The minimum Gasteiger partial charge on any atom is -0.301 e. The standard InChI is InChI=1S/C17H15ClN4O2S3/c1-10-20-21-16(26-10)19-14(23)7-4-8-22-15(24)13(27-17(22)25)9-11-5-2-3-6-12(11)18/h2-3,5-6,9H,4,7-8H2,1H3,(H,19,21,23)/b13-9+. The van der Waals surface area contributed by atoms with Crippen molar-refractivity contribution in [2.45, 2.75) is 19.8 Å². The molecule has 2 amide bonds. The summed E-state index contributed by atoms with van der Waals surface area (Å²) in [7, 11) is 0. The number of thiocarbonyl (C=S) groups is 1. The Hall–Kier alpha value is -1.81. The maximum Gasteiger partial charge on any atom is 0.266 e. The second-order valence-corrected chi connectivity index (χ2v) is 8.90. The number of thioether (sulfide) groups is 1. The summed E-state index contributed by atoms with van der Waals surface area (Å²) in [6.45, 7) is 2.20. The molecule has 1 aromatic heterocycles. The minimum atomic E-state index is -0.164. The van der Waals surface area contributed by atoms with Gasteiger partial charge in [-0.05, 0) is 31.1 Å². The van der Waals surface area contributed by atoms with Crippen molar-refractivity contribution in [3.05, 3.63) is 44.8 Å². The van der Waals surface area contributed by atoms with Crippen LogP contribution in [0.25, 0.3) is 6.08 Å². The van der Waals surface area contributed by atoms with Gasteiger partial charge in [0.15, 0.2) is 0 Å². The van der Waals surface area contributed by atoms with Gasteiger partial charge in [-0.25, -0.2) is 0 Å². The average Bonchev–Trinajstić information content (AvgIpc) is 3.14. The van der Waals surface area contributed by atoms with Crippen LogP contribution in [0.1, 0.15) is 23.4 Å². The smallest absolute Gasteiger partial charge is 0.266 e. The minimum absolute atomic E-state index is 0.162. The highest BCUT2D eigenvalue weighted by Crippen LogP contribution is 2.33. The van der Waals surface area contributed by atoms with Gasteiger partial charge in [-0.3, -0.25) is 14.5 Å². The van der Waals surface area contributed by atoms with Crippen LogP contribution in [0.2, 0.25) is 5.02 Å². The number of hydrogen-bond acceptors (Lipinski definition) is 7. The predicted molar refractivity (Wildman–Crippen MR) is 114 cm³/mol. The molecule has 1 aliphatic heterocycles. The third-order valence-corrected chi connectivity index (χ3v) is 6.10. The van der Waals surface area contributed by atoms with Gasteiger partial charge in [0.1, 0.15) is 9.33 Å².